The molecule has 1 aromatic heterocycles. The number of non-ortho nitro benzene ring substituents is 1. The van der Waals surface area contributed by atoms with Crippen LogP contribution in [-0.4, -0.2) is 35.2 Å². The molecule has 6 rings (SSSR count). The Bertz CT molecular complexity index is 1980. The normalized spacial score (nSPS) is 17.2. The van der Waals surface area contributed by atoms with Crippen LogP contribution in [0.2, 0.25) is 5.02 Å². The third kappa shape index (κ3) is 6.08. The Kier molecular flexibility index (Phi) is 8.69. The van der Waals surface area contributed by atoms with Gasteiger partial charge in [-0.3, -0.25) is 19.5 Å². The minimum absolute atomic E-state index is 0.0573. The number of benzene rings is 3. The van der Waals surface area contributed by atoms with Crippen LogP contribution in [0.15, 0.2) is 88.2 Å². The summed E-state index contributed by atoms with van der Waals surface area (Å²) in [6.45, 7) is 5.74. The molecule has 2 aliphatic rings. The molecule has 1 fully saturated rings. The van der Waals surface area contributed by atoms with Crippen molar-refractivity contribution in [3.05, 3.63) is 130 Å². The fourth-order valence-corrected chi connectivity index (χ4v) is 6.97. The number of fused-ring (bicyclic) bond motifs is 1. The fraction of sp³-hybridized carbons (Fsp3) is 0.265. The summed E-state index contributed by atoms with van der Waals surface area (Å²) in [5.74, 6) is 0.0290. The lowest BCUT2D eigenvalue weighted by Crippen LogP contribution is -2.40. The van der Waals surface area contributed by atoms with E-state index >= 15 is 0 Å². The first kappa shape index (κ1) is 30.5. The maximum atomic E-state index is 14.3. The van der Waals surface area contributed by atoms with Crippen molar-refractivity contribution in [2.24, 2.45) is 10.9 Å². The van der Waals surface area contributed by atoms with Crippen LogP contribution in [0, 0.1) is 16.0 Å². The van der Waals surface area contributed by atoms with Gasteiger partial charge in [0.15, 0.2) is 4.80 Å². The smallest absolute Gasteiger partial charge is 0.338 e. The molecule has 0 unspecified atom stereocenters. The molecule has 4 aromatic rings. The number of piperidine rings is 1. The number of carbonyl (C=O) groups excluding carboxylic acids is 1. The van der Waals surface area contributed by atoms with Gasteiger partial charge in [-0.1, -0.05) is 72.3 Å². The highest BCUT2D eigenvalue weighted by Gasteiger charge is 2.35. The number of nitrogens with zero attached hydrogens (tertiary/aromatic N) is 4. The maximum Gasteiger partial charge on any atom is 0.338 e. The van der Waals surface area contributed by atoms with E-state index in [0.29, 0.717) is 42.7 Å². The number of hydrogen-bond donors (Lipinski definition) is 0. The second-order valence-electron chi connectivity index (χ2n) is 11.2. The van der Waals surface area contributed by atoms with Gasteiger partial charge in [-0.05, 0) is 55.5 Å². The molecule has 2 aliphatic heterocycles. The Morgan fingerprint density at radius 2 is 1.82 bits per heavy atom. The van der Waals surface area contributed by atoms with E-state index in [-0.39, 0.29) is 23.4 Å². The van der Waals surface area contributed by atoms with Gasteiger partial charge in [-0.25, -0.2) is 9.79 Å². The number of anilines is 1. The van der Waals surface area contributed by atoms with Crippen LogP contribution in [0.4, 0.5) is 11.4 Å². The van der Waals surface area contributed by atoms with E-state index in [1.165, 1.54) is 28.0 Å². The molecule has 11 heteroatoms. The number of nitro groups is 1. The Morgan fingerprint density at radius 3 is 2.49 bits per heavy atom. The molecule has 1 saturated heterocycles. The Balaban J connectivity index is 1.60. The average molecular weight is 643 g/mol. The number of ether oxygens (including phenoxy) is 1. The molecule has 9 nitrogen and oxygen atoms in total. The Hall–Kier alpha value is -4.54. The van der Waals surface area contributed by atoms with Gasteiger partial charge in [0.25, 0.3) is 11.2 Å². The van der Waals surface area contributed by atoms with Crippen molar-refractivity contribution in [2.45, 2.75) is 32.7 Å². The van der Waals surface area contributed by atoms with E-state index < -0.39 is 16.9 Å². The molecule has 0 N–H and O–H groups in total. The van der Waals surface area contributed by atoms with Gasteiger partial charge < -0.3 is 9.64 Å². The van der Waals surface area contributed by atoms with E-state index in [1.807, 2.05) is 30.3 Å². The molecule has 3 aromatic carbocycles. The van der Waals surface area contributed by atoms with E-state index in [1.54, 1.807) is 43.3 Å². The second-order valence-corrected chi connectivity index (χ2v) is 12.6. The van der Waals surface area contributed by atoms with Crippen LogP contribution < -0.4 is 19.8 Å². The monoisotopic (exact) mass is 642 g/mol. The van der Waals surface area contributed by atoms with Crippen molar-refractivity contribution < 1.29 is 14.5 Å². The lowest BCUT2D eigenvalue weighted by Gasteiger charge is -2.33. The largest absolute Gasteiger partial charge is 0.463 e. The Morgan fingerprint density at radius 1 is 1.11 bits per heavy atom. The first-order chi connectivity index (χ1) is 21.7. The van der Waals surface area contributed by atoms with Crippen molar-refractivity contribution in [3.8, 4) is 0 Å². The van der Waals surface area contributed by atoms with E-state index in [9.17, 15) is 19.7 Å². The summed E-state index contributed by atoms with van der Waals surface area (Å²) < 4.78 is 7.38. The van der Waals surface area contributed by atoms with Crippen molar-refractivity contribution in [2.75, 3.05) is 24.6 Å². The molecule has 45 heavy (non-hydrogen) atoms. The quantitative estimate of drug-likeness (QED) is 0.145. The van der Waals surface area contributed by atoms with Gasteiger partial charge >= 0.3 is 5.97 Å². The minimum atomic E-state index is -0.844. The molecular formula is C34H31ClN4O5S. The van der Waals surface area contributed by atoms with Gasteiger partial charge in [0.2, 0.25) is 0 Å². The van der Waals surface area contributed by atoms with Crippen LogP contribution in [0.5, 0.6) is 0 Å². The van der Waals surface area contributed by atoms with Crippen molar-refractivity contribution in [1.29, 1.82) is 0 Å². The number of rotatable bonds is 7. The van der Waals surface area contributed by atoms with Gasteiger partial charge in [0, 0.05) is 47.1 Å². The number of aromatic nitrogens is 1. The number of halogens is 1. The summed E-state index contributed by atoms with van der Waals surface area (Å²) in [4.78, 5) is 46.8. The zero-order valence-corrected chi connectivity index (χ0v) is 26.4. The summed E-state index contributed by atoms with van der Waals surface area (Å²) in [6, 6.07) is 20.3. The van der Waals surface area contributed by atoms with Crippen LogP contribution in [0.1, 0.15) is 49.4 Å². The van der Waals surface area contributed by atoms with Crippen molar-refractivity contribution in [1.82, 2.24) is 4.57 Å². The van der Waals surface area contributed by atoms with E-state index in [2.05, 4.69) is 11.8 Å². The third-order valence-electron chi connectivity index (χ3n) is 8.19. The SMILES string of the molecule is CCOC(=O)C1=C(c2ccccc2)N=c2s/c(=C/c3cc([N+](=O)[O-])ccc3N3CCC(C)CC3)c(=O)n2[C@@H]1c1ccc(Cl)cc1. The highest BCUT2D eigenvalue weighted by atomic mass is 35.5. The maximum absolute atomic E-state index is 14.3. The number of carbonyl (C=O) groups is 1. The molecule has 230 valence electrons. The summed E-state index contributed by atoms with van der Waals surface area (Å²) in [6.07, 6.45) is 3.73. The first-order valence-electron chi connectivity index (χ1n) is 14.8. The zero-order valence-electron chi connectivity index (χ0n) is 24.8. The first-order valence-corrected chi connectivity index (χ1v) is 16.0. The third-order valence-corrected chi connectivity index (χ3v) is 9.43. The Labute approximate surface area is 268 Å². The lowest BCUT2D eigenvalue weighted by atomic mass is 9.93. The van der Waals surface area contributed by atoms with Gasteiger partial charge in [0.1, 0.15) is 0 Å². The molecule has 1 atom stereocenters. The lowest BCUT2D eigenvalue weighted by molar-refractivity contribution is -0.384. The number of nitro benzene ring substituents is 1. The van der Waals surface area contributed by atoms with Crippen LogP contribution in [0.3, 0.4) is 0 Å². The van der Waals surface area contributed by atoms with Crippen LogP contribution >= 0.6 is 22.9 Å². The summed E-state index contributed by atoms with van der Waals surface area (Å²) in [5.41, 5.74) is 3.03. The summed E-state index contributed by atoms with van der Waals surface area (Å²) in [7, 11) is 0. The van der Waals surface area contributed by atoms with Crippen LogP contribution in [-0.2, 0) is 9.53 Å². The standard InChI is InChI=1S/C34H31ClN4O5S/c1-3-44-33(41)29-30(22-7-5-4-6-8-22)36-34-38(31(29)23-9-11-25(35)12-10-23)32(40)28(45-34)20-24-19-26(39(42)43)13-14-27(24)37-17-15-21(2)16-18-37/h4-14,19-21,31H,3,15-18H2,1-2H3/b28-20+/t31-/m1/s1. The average Bonchev–Trinajstić information content (AvgIpc) is 3.35. The zero-order chi connectivity index (χ0) is 31.7. The molecule has 3 heterocycles. The predicted molar refractivity (Wildman–Crippen MR) is 176 cm³/mol. The van der Waals surface area contributed by atoms with E-state index in [4.69, 9.17) is 21.3 Å². The topological polar surface area (TPSA) is 107 Å². The molecule has 0 aliphatic carbocycles. The predicted octanol–water partition coefficient (Wildman–Crippen LogP) is 5.73. The molecule has 0 amide bonds. The summed E-state index contributed by atoms with van der Waals surface area (Å²) in [5, 5.41) is 12.3. The fourth-order valence-electron chi connectivity index (χ4n) is 5.85. The molecule has 0 radical (unpaired) electrons. The highest BCUT2D eigenvalue weighted by Crippen LogP contribution is 2.36. The molecular weight excluding hydrogens is 612 g/mol. The van der Waals surface area contributed by atoms with Gasteiger partial charge in [0.05, 0.1) is 33.4 Å². The van der Waals surface area contributed by atoms with Gasteiger partial charge in [-0.15, -0.1) is 0 Å². The number of thiazole rings is 1. The van der Waals surface area contributed by atoms with E-state index in [0.717, 1.165) is 31.6 Å². The van der Waals surface area contributed by atoms with Crippen molar-refractivity contribution in [3.63, 3.8) is 0 Å². The van der Waals surface area contributed by atoms with Gasteiger partial charge in [-0.2, -0.15) is 0 Å². The highest BCUT2D eigenvalue weighted by molar-refractivity contribution is 7.07. The molecule has 0 spiro atoms. The second kappa shape index (κ2) is 12.8. The summed E-state index contributed by atoms with van der Waals surface area (Å²) >= 11 is 7.41. The number of hydrogen-bond acceptors (Lipinski definition) is 8. The van der Waals surface area contributed by atoms with Crippen molar-refractivity contribution >= 4 is 52.1 Å². The number of esters is 1. The molecule has 0 bridgehead atoms. The molecule has 0 saturated carbocycles. The minimum Gasteiger partial charge on any atom is -0.463 e. The van der Waals surface area contributed by atoms with Crippen LogP contribution in [0.25, 0.3) is 11.8 Å².